The topological polar surface area (TPSA) is 47.6 Å². The molecular formula is C19H23NO3. The summed E-state index contributed by atoms with van der Waals surface area (Å²) in [5, 5.41) is 2.93. The Kier molecular flexibility index (Phi) is 5.63. The normalized spacial score (nSPS) is 11.7. The number of carbonyl (C=O) groups is 1. The van der Waals surface area contributed by atoms with Crippen molar-refractivity contribution in [1.29, 1.82) is 0 Å². The molecule has 0 aliphatic rings. The number of carbonyl (C=O) groups excluding carboxylic acids is 1. The lowest BCUT2D eigenvalue weighted by Gasteiger charge is -2.16. The number of amides is 1. The zero-order valence-electron chi connectivity index (χ0n) is 14.1. The smallest absolute Gasteiger partial charge is 0.258 e. The van der Waals surface area contributed by atoms with Crippen molar-refractivity contribution in [2.75, 3.05) is 13.7 Å². The minimum atomic E-state index is -0.144. The molecule has 0 spiro atoms. The lowest BCUT2D eigenvalue weighted by molar-refractivity contribution is -0.123. The second-order valence-electron chi connectivity index (χ2n) is 5.55. The zero-order chi connectivity index (χ0) is 16.8. The fourth-order valence-electron chi connectivity index (χ4n) is 2.28. The van der Waals surface area contributed by atoms with Gasteiger partial charge in [0, 0.05) is 0 Å². The van der Waals surface area contributed by atoms with Gasteiger partial charge < -0.3 is 14.8 Å². The first-order valence-electron chi connectivity index (χ1n) is 7.63. The first-order valence-corrected chi connectivity index (χ1v) is 7.63. The molecule has 2 aromatic carbocycles. The van der Waals surface area contributed by atoms with Gasteiger partial charge in [-0.2, -0.15) is 0 Å². The molecular weight excluding hydrogens is 290 g/mol. The molecule has 4 heteroatoms. The van der Waals surface area contributed by atoms with Crippen LogP contribution in [0.4, 0.5) is 0 Å². The number of rotatable bonds is 6. The molecule has 0 aromatic heterocycles. The van der Waals surface area contributed by atoms with E-state index >= 15 is 0 Å². The summed E-state index contributed by atoms with van der Waals surface area (Å²) in [6.45, 7) is 5.96. The molecule has 0 saturated carbocycles. The van der Waals surface area contributed by atoms with Crippen LogP contribution < -0.4 is 14.8 Å². The second-order valence-corrected chi connectivity index (χ2v) is 5.55. The average molecular weight is 313 g/mol. The number of hydrogen-bond donors (Lipinski definition) is 1. The van der Waals surface area contributed by atoms with Crippen molar-refractivity contribution in [3.05, 3.63) is 59.2 Å². The van der Waals surface area contributed by atoms with Crippen LogP contribution in [-0.4, -0.2) is 19.6 Å². The van der Waals surface area contributed by atoms with Crippen molar-refractivity contribution in [3.63, 3.8) is 0 Å². The number of benzene rings is 2. The Labute approximate surface area is 137 Å². The van der Waals surface area contributed by atoms with Crippen LogP contribution in [0.25, 0.3) is 0 Å². The lowest BCUT2D eigenvalue weighted by Crippen LogP contribution is -2.31. The van der Waals surface area contributed by atoms with Crippen LogP contribution in [0.15, 0.2) is 42.5 Å². The van der Waals surface area contributed by atoms with Crippen LogP contribution in [0.5, 0.6) is 11.5 Å². The highest BCUT2D eigenvalue weighted by Crippen LogP contribution is 2.20. The van der Waals surface area contributed by atoms with Crippen LogP contribution in [-0.2, 0) is 4.79 Å². The molecule has 0 fully saturated rings. The Morgan fingerprint density at radius 3 is 2.48 bits per heavy atom. The van der Waals surface area contributed by atoms with Gasteiger partial charge in [0.1, 0.15) is 11.5 Å². The van der Waals surface area contributed by atoms with Gasteiger partial charge in [0.05, 0.1) is 13.2 Å². The van der Waals surface area contributed by atoms with Gasteiger partial charge in [-0.05, 0) is 55.7 Å². The molecule has 1 N–H and O–H groups in total. The summed E-state index contributed by atoms with van der Waals surface area (Å²) in [6, 6.07) is 13.4. The molecule has 0 heterocycles. The van der Waals surface area contributed by atoms with Crippen LogP contribution in [0.1, 0.15) is 29.7 Å². The van der Waals surface area contributed by atoms with Crippen molar-refractivity contribution < 1.29 is 14.3 Å². The van der Waals surface area contributed by atoms with E-state index in [1.165, 1.54) is 0 Å². The number of hydrogen-bond acceptors (Lipinski definition) is 3. The van der Waals surface area contributed by atoms with Gasteiger partial charge >= 0.3 is 0 Å². The van der Waals surface area contributed by atoms with E-state index in [0.29, 0.717) is 0 Å². The van der Waals surface area contributed by atoms with Crippen molar-refractivity contribution in [2.24, 2.45) is 0 Å². The van der Waals surface area contributed by atoms with Crippen LogP contribution in [0.3, 0.4) is 0 Å². The Bertz CT molecular complexity index is 665. The molecule has 0 aliphatic carbocycles. The summed E-state index contributed by atoms with van der Waals surface area (Å²) in [7, 11) is 1.63. The van der Waals surface area contributed by atoms with Crippen molar-refractivity contribution >= 4 is 5.91 Å². The molecule has 1 amide bonds. The van der Waals surface area contributed by atoms with Gasteiger partial charge in [-0.3, -0.25) is 4.79 Å². The Morgan fingerprint density at radius 1 is 1.13 bits per heavy atom. The monoisotopic (exact) mass is 313 g/mol. The standard InChI is InChI=1S/C19H23NO3/c1-13-6-5-7-18(14(13)2)23-12-19(21)20-15(3)16-8-10-17(22-4)11-9-16/h5-11,15H,12H2,1-4H3,(H,20,21)/t15-/m1/s1. The number of aryl methyl sites for hydroxylation is 1. The molecule has 2 aromatic rings. The molecule has 0 bridgehead atoms. The molecule has 4 nitrogen and oxygen atoms in total. The predicted molar refractivity (Wildman–Crippen MR) is 91.0 cm³/mol. The summed E-state index contributed by atoms with van der Waals surface area (Å²) in [5.41, 5.74) is 3.23. The molecule has 2 rings (SSSR count). The Morgan fingerprint density at radius 2 is 1.83 bits per heavy atom. The van der Waals surface area contributed by atoms with Crippen LogP contribution >= 0.6 is 0 Å². The zero-order valence-corrected chi connectivity index (χ0v) is 14.1. The van der Waals surface area contributed by atoms with E-state index in [0.717, 1.165) is 28.2 Å². The SMILES string of the molecule is COc1ccc([C@@H](C)NC(=O)COc2cccc(C)c2C)cc1. The highest BCUT2D eigenvalue weighted by atomic mass is 16.5. The average Bonchev–Trinajstić information content (AvgIpc) is 2.56. The highest BCUT2D eigenvalue weighted by Gasteiger charge is 2.11. The van der Waals surface area contributed by atoms with E-state index in [4.69, 9.17) is 9.47 Å². The Balaban J connectivity index is 1.89. The first kappa shape index (κ1) is 16.9. The molecule has 0 unspecified atom stereocenters. The van der Waals surface area contributed by atoms with Crippen LogP contribution in [0.2, 0.25) is 0 Å². The summed E-state index contributed by atoms with van der Waals surface area (Å²) in [5.74, 6) is 1.40. The summed E-state index contributed by atoms with van der Waals surface area (Å²) in [6.07, 6.45) is 0. The minimum absolute atomic E-state index is 0.00475. The fraction of sp³-hybridized carbons (Fsp3) is 0.316. The molecule has 23 heavy (non-hydrogen) atoms. The van der Waals surface area contributed by atoms with Gasteiger partial charge in [0.15, 0.2) is 6.61 Å². The van der Waals surface area contributed by atoms with Crippen molar-refractivity contribution in [3.8, 4) is 11.5 Å². The van der Waals surface area contributed by atoms with E-state index in [1.807, 2.05) is 63.2 Å². The van der Waals surface area contributed by atoms with Gasteiger partial charge in [-0.15, -0.1) is 0 Å². The second kappa shape index (κ2) is 7.68. The number of methoxy groups -OCH3 is 1. The third-order valence-electron chi connectivity index (χ3n) is 3.91. The molecule has 0 saturated heterocycles. The van der Waals surface area contributed by atoms with Crippen molar-refractivity contribution in [2.45, 2.75) is 26.8 Å². The van der Waals surface area contributed by atoms with E-state index in [2.05, 4.69) is 5.32 Å². The van der Waals surface area contributed by atoms with Crippen LogP contribution in [0, 0.1) is 13.8 Å². The van der Waals surface area contributed by atoms with Gasteiger partial charge in [-0.1, -0.05) is 24.3 Å². The largest absolute Gasteiger partial charge is 0.497 e. The number of nitrogens with one attached hydrogen (secondary N) is 1. The quantitative estimate of drug-likeness (QED) is 0.887. The van der Waals surface area contributed by atoms with E-state index in [1.54, 1.807) is 7.11 Å². The predicted octanol–water partition coefficient (Wildman–Crippen LogP) is 3.57. The van der Waals surface area contributed by atoms with Gasteiger partial charge in [0.25, 0.3) is 5.91 Å². The molecule has 0 aliphatic heterocycles. The maximum Gasteiger partial charge on any atom is 0.258 e. The van der Waals surface area contributed by atoms with E-state index in [-0.39, 0.29) is 18.6 Å². The maximum absolute atomic E-state index is 12.1. The minimum Gasteiger partial charge on any atom is -0.497 e. The third kappa shape index (κ3) is 4.49. The fourth-order valence-corrected chi connectivity index (χ4v) is 2.28. The van der Waals surface area contributed by atoms with Gasteiger partial charge in [-0.25, -0.2) is 0 Å². The third-order valence-corrected chi connectivity index (χ3v) is 3.91. The van der Waals surface area contributed by atoms with Gasteiger partial charge in [0.2, 0.25) is 0 Å². The molecule has 122 valence electrons. The summed E-state index contributed by atoms with van der Waals surface area (Å²) < 4.78 is 10.8. The highest BCUT2D eigenvalue weighted by molar-refractivity contribution is 5.78. The molecule has 1 atom stereocenters. The maximum atomic E-state index is 12.1. The van der Waals surface area contributed by atoms with E-state index in [9.17, 15) is 4.79 Å². The van der Waals surface area contributed by atoms with E-state index < -0.39 is 0 Å². The summed E-state index contributed by atoms with van der Waals surface area (Å²) in [4.78, 5) is 12.1. The summed E-state index contributed by atoms with van der Waals surface area (Å²) >= 11 is 0. The Hall–Kier alpha value is -2.49. The van der Waals surface area contributed by atoms with Crippen molar-refractivity contribution in [1.82, 2.24) is 5.32 Å². The molecule has 0 radical (unpaired) electrons. The first-order chi connectivity index (χ1) is 11.0. The number of ether oxygens (including phenoxy) is 2. The lowest BCUT2D eigenvalue weighted by atomic mass is 10.1.